The number of imidazole rings is 1. The largest absolute Gasteiger partial charge is 0.396 e. The molecule has 2 fully saturated rings. The third kappa shape index (κ3) is 2.96. The second-order valence-electron chi connectivity index (χ2n) is 7.88. The summed E-state index contributed by atoms with van der Waals surface area (Å²) in [7, 11) is 0. The van der Waals surface area contributed by atoms with Crippen LogP contribution in [0, 0.1) is 5.41 Å². The van der Waals surface area contributed by atoms with Gasteiger partial charge >= 0.3 is 6.03 Å². The summed E-state index contributed by atoms with van der Waals surface area (Å²) >= 11 is 0. The molecule has 2 aliphatic rings. The number of imide groups is 1. The molecule has 0 aromatic carbocycles. The highest BCUT2D eigenvalue weighted by atomic mass is 16.3. The van der Waals surface area contributed by atoms with Gasteiger partial charge in [-0.05, 0) is 12.8 Å². The third-order valence-electron chi connectivity index (χ3n) is 5.50. The maximum atomic E-state index is 12.3. The van der Waals surface area contributed by atoms with E-state index in [0.717, 1.165) is 0 Å². The van der Waals surface area contributed by atoms with Gasteiger partial charge in [-0.1, -0.05) is 6.92 Å². The van der Waals surface area contributed by atoms with Gasteiger partial charge in [0.15, 0.2) is 17.0 Å². The van der Waals surface area contributed by atoms with Crippen LogP contribution >= 0.6 is 0 Å². The Morgan fingerprint density at radius 2 is 2.04 bits per heavy atom. The first-order chi connectivity index (χ1) is 13.4. The monoisotopic (exact) mass is 389 g/mol. The van der Waals surface area contributed by atoms with Crippen molar-refractivity contribution in [3.63, 3.8) is 0 Å². The summed E-state index contributed by atoms with van der Waals surface area (Å²) in [5, 5.41) is 24.2. The number of rotatable bonds is 5. The normalized spacial score (nSPS) is 22.8. The van der Waals surface area contributed by atoms with Gasteiger partial charge in [0.2, 0.25) is 0 Å². The number of nitrogens with zero attached hydrogens (tertiary/aromatic N) is 5. The van der Waals surface area contributed by atoms with Crippen LogP contribution in [0.15, 0.2) is 12.7 Å². The lowest BCUT2D eigenvalue weighted by Gasteiger charge is -2.38. The van der Waals surface area contributed by atoms with E-state index >= 15 is 0 Å². The van der Waals surface area contributed by atoms with Crippen molar-refractivity contribution in [1.82, 2.24) is 30.2 Å². The summed E-state index contributed by atoms with van der Waals surface area (Å²) in [6.45, 7) is 2.74. The number of urea groups is 1. The summed E-state index contributed by atoms with van der Waals surface area (Å²) in [6, 6.07) is -0.476. The molecule has 1 atom stereocenters. The topological polar surface area (TPSA) is 146 Å². The molecule has 2 aliphatic heterocycles. The van der Waals surface area contributed by atoms with E-state index in [1.54, 1.807) is 17.8 Å². The Morgan fingerprint density at radius 3 is 2.71 bits per heavy atom. The number of carbonyl (C=O) groups is 2. The fraction of sp³-hybridized carbons (Fsp3) is 0.588. The highest BCUT2D eigenvalue weighted by molar-refractivity contribution is 6.07. The van der Waals surface area contributed by atoms with Crippen LogP contribution < -0.4 is 15.5 Å². The van der Waals surface area contributed by atoms with Gasteiger partial charge in [0, 0.05) is 18.5 Å². The van der Waals surface area contributed by atoms with E-state index in [1.165, 1.54) is 6.33 Å². The van der Waals surface area contributed by atoms with E-state index in [2.05, 4.69) is 25.6 Å². The Kier molecular flexibility index (Phi) is 4.42. The maximum Gasteiger partial charge on any atom is 0.322 e. The smallest absolute Gasteiger partial charge is 0.322 e. The molecule has 1 spiro atoms. The van der Waals surface area contributed by atoms with Crippen LogP contribution in [0.4, 0.5) is 10.6 Å². The Labute approximate surface area is 160 Å². The number of anilines is 1. The molecule has 2 aromatic heterocycles. The van der Waals surface area contributed by atoms with Gasteiger partial charge in [0.25, 0.3) is 5.91 Å². The number of aliphatic hydroxyl groups excluding tert-OH is 2. The number of piperidine rings is 1. The standard InChI is InChI=1S/C17H23N7O4/c1-16(7-25,8-26)5-24-10-20-11-12(18-9-19-13(11)24)23-4-2-3-17(6-23)14(27)21-15(28)22-17/h9-10,25-26H,2-8H2,1H3,(H2,21,22,27,28). The number of aliphatic hydroxyl groups is 2. The van der Waals surface area contributed by atoms with Gasteiger partial charge in [0.05, 0.1) is 26.1 Å². The molecule has 11 heteroatoms. The number of amides is 3. The van der Waals surface area contributed by atoms with E-state index in [0.29, 0.717) is 49.5 Å². The SMILES string of the molecule is CC(CO)(CO)Cn1cnc2c(N3CCCC4(C3)NC(=O)NC4=O)ncnc21. The molecule has 4 N–H and O–H groups in total. The zero-order valence-electron chi connectivity index (χ0n) is 15.6. The molecule has 0 aliphatic carbocycles. The summed E-state index contributed by atoms with van der Waals surface area (Å²) in [5.74, 6) is 0.270. The van der Waals surface area contributed by atoms with E-state index in [1.807, 2.05) is 4.90 Å². The van der Waals surface area contributed by atoms with Gasteiger partial charge in [-0.15, -0.1) is 0 Å². The van der Waals surface area contributed by atoms with Crippen LogP contribution in [-0.4, -0.2) is 73.5 Å². The average Bonchev–Trinajstić information content (AvgIpc) is 3.21. The van der Waals surface area contributed by atoms with Crippen molar-refractivity contribution in [2.24, 2.45) is 5.41 Å². The lowest BCUT2D eigenvalue weighted by atomic mass is 9.89. The van der Waals surface area contributed by atoms with Gasteiger partial charge in [-0.2, -0.15) is 0 Å². The summed E-state index contributed by atoms with van der Waals surface area (Å²) < 4.78 is 1.77. The van der Waals surface area contributed by atoms with Crippen LogP contribution in [0.25, 0.3) is 11.2 Å². The lowest BCUT2D eigenvalue weighted by molar-refractivity contribution is -0.124. The molecule has 4 rings (SSSR count). The first-order valence-electron chi connectivity index (χ1n) is 9.16. The van der Waals surface area contributed by atoms with Crippen molar-refractivity contribution in [2.75, 3.05) is 31.2 Å². The molecule has 1 unspecified atom stereocenters. The van der Waals surface area contributed by atoms with E-state index in [4.69, 9.17) is 0 Å². The number of nitrogens with one attached hydrogen (secondary N) is 2. The van der Waals surface area contributed by atoms with E-state index < -0.39 is 17.0 Å². The predicted octanol–water partition coefficient (Wildman–Crippen LogP) is -1.00. The highest BCUT2D eigenvalue weighted by Crippen LogP contribution is 2.31. The third-order valence-corrected chi connectivity index (χ3v) is 5.50. The number of fused-ring (bicyclic) bond motifs is 1. The van der Waals surface area contributed by atoms with Gasteiger partial charge in [-0.3, -0.25) is 10.1 Å². The van der Waals surface area contributed by atoms with Crippen LogP contribution in [0.1, 0.15) is 19.8 Å². The zero-order chi connectivity index (χ0) is 19.9. The molecule has 0 bridgehead atoms. The Morgan fingerprint density at radius 1 is 1.25 bits per heavy atom. The quantitative estimate of drug-likeness (QED) is 0.476. The van der Waals surface area contributed by atoms with Gasteiger partial charge in [0.1, 0.15) is 11.9 Å². The number of hydrogen-bond donors (Lipinski definition) is 4. The van der Waals surface area contributed by atoms with Crippen LogP contribution in [0.2, 0.25) is 0 Å². The van der Waals surface area contributed by atoms with Crippen LogP contribution in [0.5, 0.6) is 0 Å². The molecule has 2 saturated heterocycles. The molecule has 11 nitrogen and oxygen atoms in total. The van der Waals surface area contributed by atoms with E-state index in [-0.39, 0.29) is 19.1 Å². The molecular formula is C17H23N7O4. The molecule has 2 aromatic rings. The lowest BCUT2D eigenvalue weighted by Crippen LogP contribution is -2.58. The van der Waals surface area contributed by atoms with Crippen molar-refractivity contribution >= 4 is 28.9 Å². The first kappa shape index (κ1) is 18.6. The molecule has 0 saturated carbocycles. The minimum Gasteiger partial charge on any atom is -0.396 e. The fourth-order valence-corrected chi connectivity index (χ4v) is 3.83. The fourth-order valence-electron chi connectivity index (χ4n) is 3.83. The van der Waals surface area contributed by atoms with Crippen LogP contribution in [0.3, 0.4) is 0 Å². The molecule has 4 heterocycles. The maximum absolute atomic E-state index is 12.3. The van der Waals surface area contributed by atoms with Gasteiger partial charge < -0.3 is 25.0 Å². The van der Waals surface area contributed by atoms with Crippen molar-refractivity contribution < 1.29 is 19.8 Å². The number of hydrogen-bond acceptors (Lipinski definition) is 8. The van der Waals surface area contributed by atoms with E-state index in [9.17, 15) is 19.8 Å². The highest BCUT2D eigenvalue weighted by Gasteiger charge is 2.49. The van der Waals surface area contributed by atoms with Crippen molar-refractivity contribution in [2.45, 2.75) is 31.8 Å². The first-order valence-corrected chi connectivity index (χ1v) is 9.16. The average molecular weight is 389 g/mol. The van der Waals surface area contributed by atoms with Crippen molar-refractivity contribution in [1.29, 1.82) is 0 Å². The van der Waals surface area contributed by atoms with Crippen LogP contribution in [-0.2, 0) is 11.3 Å². The summed E-state index contributed by atoms with van der Waals surface area (Å²) in [4.78, 5) is 39.0. The molecular weight excluding hydrogens is 366 g/mol. The molecule has 150 valence electrons. The second-order valence-corrected chi connectivity index (χ2v) is 7.88. The molecule has 28 heavy (non-hydrogen) atoms. The Hall–Kier alpha value is -2.79. The molecule has 3 amide bonds. The van der Waals surface area contributed by atoms with Crippen molar-refractivity contribution in [3.8, 4) is 0 Å². The number of aromatic nitrogens is 4. The second kappa shape index (κ2) is 6.67. The minimum atomic E-state index is -0.957. The Bertz CT molecular complexity index is 925. The molecule has 0 radical (unpaired) electrons. The predicted molar refractivity (Wildman–Crippen MR) is 98.5 cm³/mol. The number of carbonyl (C=O) groups excluding carboxylic acids is 2. The van der Waals surface area contributed by atoms with Gasteiger partial charge in [-0.25, -0.2) is 19.7 Å². The van der Waals surface area contributed by atoms with Crippen molar-refractivity contribution in [3.05, 3.63) is 12.7 Å². The summed E-state index contributed by atoms with van der Waals surface area (Å²) in [5.41, 5.74) is -0.512. The Balaban J connectivity index is 1.66. The zero-order valence-corrected chi connectivity index (χ0v) is 15.6. The minimum absolute atomic E-state index is 0.176. The summed E-state index contributed by atoms with van der Waals surface area (Å²) in [6.07, 6.45) is 4.32.